The third-order valence-electron chi connectivity index (χ3n) is 3.21. The molecule has 1 saturated heterocycles. The second-order valence-electron chi connectivity index (χ2n) is 4.93. The van der Waals surface area contributed by atoms with E-state index >= 15 is 0 Å². The van der Waals surface area contributed by atoms with Crippen LogP contribution in [0.15, 0.2) is 22.7 Å². The molecule has 0 bridgehead atoms. The summed E-state index contributed by atoms with van der Waals surface area (Å²) in [6.45, 7) is 4.66. The van der Waals surface area contributed by atoms with Crippen LogP contribution in [0.25, 0.3) is 0 Å². The van der Waals surface area contributed by atoms with Crippen LogP contribution < -0.4 is 10.5 Å². The maximum atomic E-state index is 5.94. The van der Waals surface area contributed by atoms with Crippen LogP contribution in [0.4, 0.5) is 0 Å². The zero-order chi connectivity index (χ0) is 13.1. The van der Waals surface area contributed by atoms with Crippen molar-refractivity contribution < 1.29 is 9.47 Å². The van der Waals surface area contributed by atoms with E-state index in [1.807, 2.05) is 25.1 Å². The van der Waals surface area contributed by atoms with Gasteiger partial charge in [0, 0.05) is 16.1 Å². The van der Waals surface area contributed by atoms with Crippen LogP contribution >= 0.6 is 15.9 Å². The highest BCUT2D eigenvalue weighted by Crippen LogP contribution is 2.29. The van der Waals surface area contributed by atoms with Gasteiger partial charge in [0.15, 0.2) is 0 Å². The number of ether oxygens (including phenoxy) is 2. The first-order valence-corrected chi connectivity index (χ1v) is 7.19. The van der Waals surface area contributed by atoms with Crippen molar-refractivity contribution in [2.24, 2.45) is 5.73 Å². The smallest absolute Gasteiger partial charge is 0.125 e. The molecule has 1 aromatic carbocycles. The number of benzene rings is 1. The molecule has 0 aliphatic carbocycles. The standard InChI is InChI=1S/C14H20BrNO2/c1-9-3-5-12(18-9)8-17-14-7-11(15)4-6-13(14)10(2)16/h4,6-7,9-10,12H,3,5,8,16H2,1-2H3. The van der Waals surface area contributed by atoms with Crippen LogP contribution in [0.2, 0.25) is 0 Å². The summed E-state index contributed by atoms with van der Waals surface area (Å²) < 4.78 is 12.6. The van der Waals surface area contributed by atoms with E-state index in [9.17, 15) is 0 Å². The van der Waals surface area contributed by atoms with Crippen LogP contribution in [-0.4, -0.2) is 18.8 Å². The highest BCUT2D eigenvalue weighted by molar-refractivity contribution is 9.10. The van der Waals surface area contributed by atoms with Gasteiger partial charge in [0.25, 0.3) is 0 Å². The summed E-state index contributed by atoms with van der Waals surface area (Å²) in [6.07, 6.45) is 2.75. The van der Waals surface area contributed by atoms with Gasteiger partial charge in [0.05, 0.1) is 12.2 Å². The van der Waals surface area contributed by atoms with Crippen molar-refractivity contribution in [3.63, 3.8) is 0 Å². The molecule has 0 radical (unpaired) electrons. The van der Waals surface area contributed by atoms with E-state index < -0.39 is 0 Å². The molecule has 3 atom stereocenters. The summed E-state index contributed by atoms with van der Waals surface area (Å²) in [5, 5.41) is 0. The van der Waals surface area contributed by atoms with Crippen LogP contribution in [0.1, 0.15) is 38.3 Å². The normalized spacial score (nSPS) is 25.1. The quantitative estimate of drug-likeness (QED) is 0.926. The average Bonchev–Trinajstić information content (AvgIpc) is 2.72. The van der Waals surface area contributed by atoms with E-state index in [0.29, 0.717) is 12.7 Å². The molecule has 0 spiro atoms. The van der Waals surface area contributed by atoms with Gasteiger partial charge in [-0.3, -0.25) is 0 Å². The lowest BCUT2D eigenvalue weighted by molar-refractivity contribution is 0.0262. The second kappa shape index (κ2) is 6.04. The largest absolute Gasteiger partial charge is 0.490 e. The lowest BCUT2D eigenvalue weighted by atomic mass is 10.1. The minimum Gasteiger partial charge on any atom is -0.490 e. The summed E-state index contributed by atoms with van der Waals surface area (Å²) in [7, 11) is 0. The molecule has 1 aliphatic heterocycles. The van der Waals surface area contributed by atoms with E-state index in [1.54, 1.807) is 0 Å². The van der Waals surface area contributed by atoms with Gasteiger partial charge in [-0.1, -0.05) is 22.0 Å². The van der Waals surface area contributed by atoms with Gasteiger partial charge in [-0.15, -0.1) is 0 Å². The molecule has 3 unspecified atom stereocenters. The predicted octanol–water partition coefficient (Wildman–Crippen LogP) is 3.42. The zero-order valence-corrected chi connectivity index (χ0v) is 12.4. The van der Waals surface area contributed by atoms with E-state index in [1.165, 1.54) is 0 Å². The first-order chi connectivity index (χ1) is 8.56. The number of rotatable bonds is 4. The van der Waals surface area contributed by atoms with Crippen molar-refractivity contribution in [1.82, 2.24) is 0 Å². The fourth-order valence-corrected chi connectivity index (χ4v) is 2.54. The number of nitrogens with two attached hydrogens (primary N) is 1. The number of hydrogen-bond acceptors (Lipinski definition) is 3. The molecule has 0 aromatic heterocycles. The van der Waals surface area contributed by atoms with Crippen molar-refractivity contribution in [2.45, 2.75) is 44.9 Å². The lowest BCUT2D eigenvalue weighted by Gasteiger charge is -2.17. The predicted molar refractivity (Wildman–Crippen MR) is 75.8 cm³/mol. The minimum absolute atomic E-state index is 0.0310. The van der Waals surface area contributed by atoms with Crippen molar-refractivity contribution in [3.8, 4) is 5.75 Å². The molecule has 1 fully saturated rings. The Hall–Kier alpha value is -0.580. The second-order valence-corrected chi connectivity index (χ2v) is 5.84. The topological polar surface area (TPSA) is 44.5 Å². The highest BCUT2D eigenvalue weighted by atomic mass is 79.9. The Bertz CT molecular complexity index is 409. The van der Waals surface area contributed by atoms with Crippen LogP contribution in [-0.2, 0) is 4.74 Å². The van der Waals surface area contributed by atoms with Gasteiger partial charge in [0.2, 0.25) is 0 Å². The molecule has 2 N–H and O–H groups in total. The monoisotopic (exact) mass is 313 g/mol. The third kappa shape index (κ3) is 3.46. The van der Waals surface area contributed by atoms with Gasteiger partial charge in [-0.25, -0.2) is 0 Å². The Kier molecular flexibility index (Phi) is 4.65. The molecular weight excluding hydrogens is 294 g/mol. The minimum atomic E-state index is -0.0310. The van der Waals surface area contributed by atoms with E-state index in [2.05, 4.69) is 22.9 Å². The summed E-state index contributed by atoms with van der Waals surface area (Å²) in [5.41, 5.74) is 6.98. The van der Waals surface area contributed by atoms with Crippen molar-refractivity contribution in [1.29, 1.82) is 0 Å². The fourth-order valence-electron chi connectivity index (χ4n) is 2.20. The average molecular weight is 314 g/mol. The van der Waals surface area contributed by atoms with Crippen LogP contribution in [0.3, 0.4) is 0 Å². The molecule has 2 rings (SSSR count). The molecule has 4 heteroatoms. The van der Waals surface area contributed by atoms with Gasteiger partial charge >= 0.3 is 0 Å². The van der Waals surface area contributed by atoms with Crippen LogP contribution in [0.5, 0.6) is 5.75 Å². The Labute approximate surface area is 117 Å². The molecule has 1 aliphatic rings. The number of halogens is 1. The Morgan fingerprint density at radius 1 is 1.50 bits per heavy atom. The molecule has 0 amide bonds. The van der Waals surface area contributed by atoms with E-state index in [4.69, 9.17) is 15.2 Å². The fraction of sp³-hybridized carbons (Fsp3) is 0.571. The van der Waals surface area contributed by atoms with E-state index in [0.717, 1.165) is 28.6 Å². The third-order valence-corrected chi connectivity index (χ3v) is 3.70. The maximum Gasteiger partial charge on any atom is 0.125 e. The molecule has 0 saturated carbocycles. The number of hydrogen-bond donors (Lipinski definition) is 1. The Morgan fingerprint density at radius 2 is 2.28 bits per heavy atom. The molecule has 1 heterocycles. The van der Waals surface area contributed by atoms with Gasteiger partial charge in [-0.2, -0.15) is 0 Å². The first kappa shape index (κ1) is 13.8. The van der Waals surface area contributed by atoms with Gasteiger partial charge in [0.1, 0.15) is 12.4 Å². The summed E-state index contributed by atoms with van der Waals surface area (Å²) in [6, 6.07) is 5.93. The summed E-state index contributed by atoms with van der Waals surface area (Å²) >= 11 is 3.46. The Morgan fingerprint density at radius 3 is 2.89 bits per heavy atom. The molecule has 1 aromatic rings. The van der Waals surface area contributed by atoms with Gasteiger partial charge in [-0.05, 0) is 38.8 Å². The molecule has 18 heavy (non-hydrogen) atoms. The summed E-state index contributed by atoms with van der Waals surface area (Å²) in [4.78, 5) is 0. The maximum absolute atomic E-state index is 5.94. The zero-order valence-electron chi connectivity index (χ0n) is 10.9. The van der Waals surface area contributed by atoms with Gasteiger partial charge < -0.3 is 15.2 Å². The van der Waals surface area contributed by atoms with Crippen molar-refractivity contribution >= 4 is 15.9 Å². The lowest BCUT2D eigenvalue weighted by Crippen LogP contribution is -2.19. The summed E-state index contributed by atoms with van der Waals surface area (Å²) in [5.74, 6) is 0.850. The highest BCUT2D eigenvalue weighted by Gasteiger charge is 2.22. The van der Waals surface area contributed by atoms with Crippen LogP contribution in [0, 0.1) is 0 Å². The van der Waals surface area contributed by atoms with Crippen molar-refractivity contribution in [2.75, 3.05) is 6.61 Å². The van der Waals surface area contributed by atoms with E-state index in [-0.39, 0.29) is 12.1 Å². The van der Waals surface area contributed by atoms with Crippen molar-refractivity contribution in [3.05, 3.63) is 28.2 Å². The molecule has 3 nitrogen and oxygen atoms in total. The molecular formula is C14H20BrNO2. The SMILES string of the molecule is CC1CCC(COc2cc(Br)ccc2C(C)N)O1. The Balaban J connectivity index is 2.01. The molecule has 100 valence electrons. The first-order valence-electron chi connectivity index (χ1n) is 6.39.